The zero-order valence-corrected chi connectivity index (χ0v) is 29.6. The summed E-state index contributed by atoms with van der Waals surface area (Å²) in [5, 5.41) is 47.1. The quantitative estimate of drug-likeness (QED) is 0.0385. The van der Waals surface area contributed by atoms with Crippen molar-refractivity contribution in [1.29, 1.82) is 0 Å². The Morgan fingerprint density at radius 3 is 2.04 bits per heavy atom. The summed E-state index contributed by atoms with van der Waals surface area (Å²) in [6, 6.07) is 5.39. The van der Waals surface area contributed by atoms with Crippen molar-refractivity contribution in [2.45, 2.75) is 95.2 Å². The molecule has 2 aliphatic heterocycles. The second kappa shape index (κ2) is 21.1. The number of amides is 6. The normalized spacial score (nSPS) is 17.0. The summed E-state index contributed by atoms with van der Waals surface area (Å²) in [7, 11) is 0. The summed E-state index contributed by atoms with van der Waals surface area (Å²) < 4.78 is 0. The van der Waals surface area contributed by atoms with E-state index in [2.05, 4.69) is 16.0 Å². The summed E-state index contributed by atoms with van der Waals surface area (Å²) in [4.78, 5) is 88.2. The molecule has 3 atom stereocenters. The third-order valence-electron chi connectivity index (χ3n) is 8.68. The number of allylic oxidation sites excluding steroid dienone is 1. The van der Waals surface area contributed by atoms with Crippen molar-refractivity contribution < 1.29 is 54.2 Å². The topological polar surface area (TPSA) is 246 Å². The molecule has 1 saturated heterocycles. The van der Waals surface area contributed by atoms with Crippen LogP contribution in [0.15, 0.2) is 41.1 Å². The Morgan fingerprint density at radius 2 is 1.44 bits per heavy atom. The van der Waals surface area contributed by atoms with Gasteiger partial charge in [-0.2, -0.15) is 0 Å². The Hall–Kier alpha value is -4.58. The number of unbranched alkanes of at least 4 members (excludes halogenated alkanes) is 4. The number of carbonyl (C=O) groups is 7. The van der Waals surface area contributed by atoms with Gasteiger partial charge in [-0.1, -0.05) is 41.9 Å². The van der Waals surface area contributed by atoms with Crippen LogP contribution < -0.4 is 16.0 Å². The molecular formula is C34H47ClN6O11. The number of halogens is 1. The molecule has 0 aromatic heterocycles. The number of benzene rings is 1. The Bertz CT molecular complexity index is 1480. The average Bonchev–Trinajstić information content (AvgIpc) is 3.13. The molecule has 7 N–H and O–H groups in total. The fourth-order valence-corrected chi connectivity index (χ4v) is 6.09. The lowest BCUT2D eigenvalue weighted by atomic mass is 9.86. The van der Waals surface area contributed by atoms with Crippen LogP contribution in [0.2, 0.25) is 0 Å². The number of hydrogen-bond donors (Lipinski definition) is 7. The molecule has 52 heavy (non-hydrogen) atoms. The first kappa shape index (κ1) is 41.8. The summed E-state index contributed by atoms with van der Waals surface area (Å²) in [6.07, 6.45) is 2.93. The van der Waals surface area contributed by atoms with E-state index in [4.69, 9.17) is 16.7 Å². The van der Waals surface area contributed by atoms with E-state index in [-0.39, 0.29) is 68.4 Å². The molecule has 2 aliphatic rings. The summed E-state index contributed by atoms with van der Waals surface area (Å²) in [5.74, 6) is -4.96. The summed E-state index contributed by atoms with van der Waals surface area (Å²) in [5.41, 5.74) is 0.0982. The zero-order valence-electron chi connectivity index (χ0n) is 28.8. The first-order valence-electron chi connectivity index (χ1n) is 17.3. The van der Waals surface area contributed by atoms with E-state index >= 15 is 0 Å². The van der Waals surface area contributed by atoms with Gasteiger partial charge in [0.05, 0.1) is 6.04 Å². The van der Waals surface area contributed by atoms with Crippen LogP contribution in [0.3, 0.4) is 0 Å². The SMILES string of the molecule is O=C(CCC(=O)N(O)CCCCCO)NCCCCCN(O)C(=O)CCC(=O)N[C@@H](C(=O)N[C@@H]1C(=O)N2C(C(=O)O)=C(Cl)CC[C@H]12)c1ccccc1. The van der Waals surface area contributed by atoms with Crippen molar-refractivity contribution in [3.63, 3.8) is 0 Å². The lowest BCUT2D eigenvalue weighted by Crippen LogP contribution is -2.72. The Balaban J connectivity index is 1.36. The molecule has 286 valence electrons. The largest absolute Gasteiger partial charge is 0.477 e. The van der Waals surface area contributed by atoms with Gasteiger partial charge in [-0.05, 0) is 56.9 Å². The first-order valence-corrected chi connectivity index (χ1v) is 17.7. The van der Waals surface area contributed by atoms with E-state index in [9.17, 15) is 49.1 Å². The highest BCUT2D eigenvalue weighted by molar-refractivity contribution is 6.32. The van der Waals surface area contributed by atoms with Crippen molar-refractivity contribution in [2.75, 3.05) is 26.2 Å². The number of hydrogen-bond acceptors (Lipinski definition) is 10. The number of β-lactam (4-membered cyclic amide) rings is 1. The molecule has 18 heteroatoms. The van der Waals surface area contributed by atoms with E-state index in [0.29, 0.717) is 67.2 Å². The van der Waals surface area contributed by atoms with Gasteiger partial charge in [0.15, 0.2) is 0 Å². The molecule has 3 rings (SSSR count). The lowest BCUT2D eigenvalue weighted by molar-refractivity contribution is -0.166. The van der Waals surface area contributed by atoms with Gasteiger partial charge in [0.2, 0.25) is 29.5 Å². The van der Waals surface area contributed by atoms with Crippen molar-refractivity contribution in [1.82, 2.24) is 31.0 Å². The number of carboxylic acids is 1. The van der Waals surface area contributed by atoms with Crippen LogP contribution in [0, 0.1) is 0 Å². The molecule has 0 aliphatic carbocycles. The number of rotatable bonds is 22. The fraction of sp³-hybridized carbons (Fsp3) is 0.559. The van der Waals surface area contributed by atoms with Crippen LogP contribution in [-0.4, -0.2) is 115 Å². The molecule has 1 fully saturated rings. The van der Waals surface area contributed by atoms with Gasteiger partial charge in [0, 0.05) is 57.0 Å². The number of nitrogens with zero attached hydrogens (tertiary/aromatic N) is 3. The molecule has 0 bridgehead atoms. The molecule has 17 nitrogen and oxygen atoms in total. The number of aliphatic carboxylic acids is 1. The maximum absolute atomic E-state index is 13.4. The molecule has 6 amide bonds. The standard InChI is InChI=1S/C34H47ClN6O11/c35-23-12-13-24-30(33(48)41(24)31(23)34(49)50)38-32(47)29(22-10-4-1-5-11-22)37-26(44)15-17-28(46)39(51)19-7-2-6-18-36-25(43)14-16-27(45)40(52)20-8-3-9-21-42/h1,4-5,10-11,24,29-30,42,51-52H,2-3,6-9,12-21H2,(H,36,43)(H,37,44)(H,38,47)(H,49,50)/t24-,29-,30+/m1/s1. The zero-order chi connectivity index (χ0) is 38.2. The highest BCUT2D eigenvalue weighted by atomic mass is 35.5. The van der Waals surface area contributed by atoms with Gasteiger partial charge in [-0.15, -0.1) is 0 Å². The van der Waals surface area contributed by atoms with Crippen LogP contribution in [0.5, 0.6) is 0 Å². The minimum atomic E-state index is -1.35. The van der Waals surface area contributed by atoms with Crippen LogP contribution in [0.1, 0.15) is 88.7 Å². The van der Waals surface area contributed by atoms with Gasteiger partial charge in [0.1, 0.15) is 17.8 Å². The van der Waals surface area contributed by atoms with Gasteiger partial charge in [0.25, 0.3) is 5.91 Å². The van der Waals surface area contributed by atoms with Gasteiger partial charge in [-0.25, -0.2) is 14.9 Å². The third-order valence-corrected chi connectivity index (χ3v) is 9.05. The molecule has 2 heterocycles. The number of carbonyl (C=O) groups excluding carboxylic acids is 6. The second-order valence-corrected chi connectivity index (χ2v) is 13.0. The molecule has 0 radical (unpaired) electrons. The van der Waals surface area contributed by atoms with Crippen LogP contribution in [0.4, 0.5) is 0 Å². The smallest absolute Gasteiger partial charge is 0.353 e. The second-order valence-electron chi connectivity index (χ2n) is 12.5. The van der Waals surface area contributed by atoms with Gasteiger partial charge in [-0.3, -0.25) is 44.1 Å². The maximum Gasteiger partial charge on any atom is 0.353 e. The number of nitrogens with one attached hydrogen (secondary N) is 3. The molecule has 1 aromatic carbocycles. The number of fused-ring (bicyclic) bond motifs is 1. The minimum Gasteiger partial charge on any atom is -0.477 e. The van der Waals surface area contributed by atoms with Crippen molar-refractivity contribution in [2.24, 2.45) is 0 Å². The summed E-state index contributed by atoms with van der Waals surface area (Å²) in [6.45, 7) is 0.475. The highest BCUT2D eigenvalue weighted by Crippen LogP contribution is 2.38. The third kappa shape index (κ3) is 12.3. The molecule has 0 saturated carbocycles. The fourth-order valence-electron chi connectivity index (χ4n) is 5.81. The number of carboxylic acid groups (broad SMARTS) is 1. The molecule has 1 aromatic rings. The Morgan fingerprint density at radius 1 is 0.846 bits per heavy atom. The number of aliphatic hydroxyl groups is 1. The van der Waals surface area contributed by atoms with Crippen LogP contribution >= 0.6 is 11.6 Å². The van der Waals surface area contributed by atoms with Crippen LogP contribution in [-0.2, 0) is 33.6 Å². The van der Waals surface area contributed by atoms with Gasteiger partial charge >= 0.3 is 5.97 Å². The summed E-state index contributed by atoms with van der Waals surface area (Å²) >= 11 is 6.04. The molecular weight excluding hydrogens is 704 g/mol. The number of aliphatic hydroxyl groups excluding tert-OH is 1. The van der Waals surface area contributed by atoms with Gasteiger partial charge < -0.3 is 26.2 Å². The highest BCUT2D eigenvalue weighted by Gasteiger charge is 2.53. The van der Waals surface area contributed by atoms with Crippen molar-refractivity contribution in [3.05, 3.63) is 46.6 Å². The van der Waals surface area contributed by atoms with Crippen molar-refractivity contribution >= 4 is 53.0 Å². The molecule has 0 unspecified atom stereocenters. The van der Waals surface area contributed by atoms with Crippen LogP contribution in [0.25, 0.3) is 0 Å². The van der Waals surface area contributed by atoms with E-state index in [0.717, 1.165) is 4.90 Å². The van der Waals surface area contributed by atoms with E-state index in [1.807, 2.05) is 0 Å². The Kier molecular flexibility index (Phi) is 17.0. The van der Waals surface area contributed by atoms with E-state index in [1.165, 1.54) is 0 Å². The first-order chi connectivity index (χ1) is 24.8. The van der Waals surface area contributed by atoms with E-state index in [1.54, 1.807) is 30.3 Å². The monoisotopic (exact) mass is 750 g/mol. The predicted octanol–water partition coefficient (Wildman–Crippen LogP) is 1.31. The predicted molar refractivity (Wildman–Crippen MR) is 183 cm³/mol. The molecule has 0 spiro atoms. The average molecular weight is 751 g/mol. The van der Waals surface area contributed by atoms with E-state index < -0.39 is 53.6 Å². The number of hydroxylamine groups is 4. The van der Waals surface area contributed by atoms with Crippen molar-refractivity contribution in [3.8, 4) is 0 Å². The lowest BCUT2D eigenvalue weighted by Gasteiger charge is -2.49. The maximum atomic E-state index is 13.4. The minimum absolute atomic E-state index is 0.0137. The Labute approximate surface area is 305 Å².